The third-order valence-electron chi connectivity index (χ3n) is 2.78. The van der Waals surface area contributed by atoms with Crippen LogP contribution in [0.3, 0.4) is 0 Å². The molecule has 1 aromatic heterocycles. The SMILES string of the molecule is Cc1nc(CCC(=O)Nc2ccc(OC(C)C)cc2)co1. The van der Waals surface area contributed by atoms with Crippen LogP contribution in [0, 0.1) is 6.92 Å². The molecular formula is C16H20N2O3. The van der Waals surface area contributed by atoms with Gasteiger partial charge in [0.25, 0.3) is 0 Å². The first-order valence-electron chi connectivity index (χ1n) is 7.00. The Morgan fingerprint density at radius 3 is 2.62 bits per heavy atom. The average Bonchev–Trinajstić information content (AvgIpc) is 2.84. The van der Waals surface area contributed by atoms with Gasteiger partial charge in [-0.15, -0.1) is 0 Å². The molecule has 0 atom stereocenters. The van der Waals surface area contributed by atoms with Crippen molar-refractivity contribution < 1.29 is 13.9 Å². The fourth-order valence-electron chi connectivity index (χ4n) is 1.88. The molecule has 0 saturated carbocycles. The van der Waals surface area contributed by atoms with E-state index in [4.69, 9.17) is 9.15 Å². The van der Waals surface area contributed by atoms with E-state index in [0.717, 1.165) is 17.1 Å². The Balaban J connectivity index is 1.82. The van der Waals surface area contributed by atoms with Crippen molar-refractivity contribution in [1.29, 1.82) is 0 Å². The molecule has 112 valence electrons. The highest BCUT2D eigenvalue weighted by atomic mass is 16.5. The minimum absolute atomic E-state index is 0.0480. The second kappa shape index (κ2) is 6.92. The summed E-state index contributed by atoms with van der Waals surface area (Å²) in [6, 6.07) is 7.35. The van der Waals surface area contributed by atoms with Crippen molar-refractivity contribution in [3.8, 4) is 5.75 Å². The van der Waals surface area contributed by atoms with Gasteiger partial charge >= 0.3 is 0 Å². The molecule has 1 amide bonds. The Labute approximate surface area is 124 Å². The van der Waals surface area contributed by atoms with E-state index in [1.165, 1.54) is 0 Å². The minimum atomic E-state index is -0.0480. The van der Waals surface area contributed by atoms with Gasteiger partial charge in [0, 0.05) is 25.5 Å². The van der Waals surface area contributed by atoms with E-state index >= 15 is 0 Å². The number of nitrogens with zero attached hydrogens (tertiary/aromatic N) is 1. The van der Waals surface area contributed by atoms with Crippen LogP contribution in [0.25, 0.3) is 0 Å². The zero-order valence-corrected chi connectivity index (χ0v) is 12.6. The highest BCUT2D eigenvalue weighted by Crippen LogP contribution is 2.17. The lowest BCUT2D eigenvalue weighted by Crippen LogP contribution is -2.12. The molecule has 1 N–H and O–H groups in total. The molecular weight excluding hydrogens is 268 g/mol. The maximum atomic E-state index is 11.9. The third kappa shape index (κ3) is 4.95. The molecule has 2 rings (SSSR count). The number of rotatable bonds is 6. The Morgan fingerprint density at radius 1 is 1.33 bits per heavy atom. The second-order valence-corrected chi connectivity index (χ2v) is 5.10. The Hall–Kier alpha value is -2.30. The number of anilines is 1. The molecule has 5 heteroatoms. The summed E-state index contributed by atoms with van der Waals surface area (Å²) in [4.78, 5) is 16.0. The number of carbonyl (C=O) groups is 1. The molecule has 0 bridgehead atoms. The Kier molecular flexibility index (Phi) is 4.98. The minimum Gasteiger partial charge on any atom is -0.491 e. The molecule has 1 heterocycles. The Bertz CT molecular complexity index is 588. The lowest BCUT2D eigenvalue weighted by atomic mass is 10.2. The number of hydrogen-bond acceptors (Lipinski definition) is 4. The molecule has 2 aromatic rings. The van der Waals surface area contributed by atoms with Crippen molar-refractivity contribution in [3.05, 3.63) is 42.1 Å². The molecule has 5 nitrogen and oxygen atoms in total. The van der Waals surface area contributed by atoms with Crippen molar-refractivity contribution in [3.63, 3.8) is 0 Å². The van der Waals surface area contributed by atoms with Crippen LogP contribution >= 0.6 is 0 Å². The van der Waals surface area contributed by atoms with E-state index in [1.807, 2.05) is 38.1 Å². The first-order chi connectivity index (χ1) is 10.0. The van der Waals surface area contributed by atoms with Crippen molar-refractivity contribution in [1.82, 2.24) is 4.98 Å². The van der Waals surface area contributed by atoms with Gasteiger partial charge in [0.05, 0.1) is 11.8 Å². The maximum absolute atomic E-state index is 11.9. The van der Waals surface area contributed by atoms with E-state index in [2.05, 4.69) is 10.3 Å². The van der Waals surface area contributed by atoms with Crippen LogP contribution in [0.5, 0.6) is 5.75 Å². The highest BCUT2D eigenvalue weighted by Gasteiger charge is 2.06. The van der Waals surface area contributed by atoms with Crippen LogP contribution in [-0.2, 0) is 11.2 Å². The number of ether oxygens (including phenoxy) is 1. The lowest BCUT2D eigenvalue weighted by molar-refractivity contribution is -0.116. The molecule has 0 aliphatic heterocycles. The zero-order valence-electron chi connectivity index (χ0n) is 12.6. The van der Waals surface area contributed by atoms with Crippen molar-refractivity contribution in [2.24, 2.45) is 0 Å². The maximum Gasteiger partial charge on any atom is 0.224 e. The third-order valence-corrected chi connectivity index (χ3v) is 2.78. The molecule has 0 aliphatic rings. The van der Waals surface area contributed by atoms with Gasteiger partial charge in [0.1, 0.15) is 12.0 Å². The van der Waals surface area contributed by atoms with Gasteiger partial charge in [0.2, 0.25) is 5.91 Å². The monoisotopic (exact) mass is 288 g/mol. The largest absolute Gasteiger partial charge is 0.491 e. The van der Waals surface area contributed by atoms with Gasteiger partial charge in [0.15, 0.2) is 5.89 Å². The van der Waals surface area contributed by atoms with Crippen LogP contribution in [0.1, 0.15) is 31.9 Å². The van der Waals surface area contributed by atoms with E-state index in [-0.39, 0.29) is 12.0 Å². The molecule has 1 aromatic carbocycles. The number of carbonyl (C=O) groups excluding carboxylic acids is 1. The molecule has 0 saturated heterocycles. The fourth-order valence-corrected chi connectivity index (χ4v) is 1.88. The molecule has 0 unspecified atom stereocenters. The van der Waals surface area contributed by atoms with Crippen LogP contribution in [0.15, 0.2) is 34.9 Å². The molecule has 0 spiro atoms. The number of aromatic nitrogens is 1. The van der Waals surface area contributed by atoms with Gasteiger partial charge in [-0.2, -0.15) is 0 Å². The number of amides is 1. The number of oxazole rings is 1. The average molecular weight is 288 g/mol. The molecule has 0 fully saturated rings. The summed E-state index contributed by atoms with van der Waals surface area (Å²) in [5, 5.41) is 2.85. The predicted octanol–water partition coefficient (Wildman–Crippen LogP) is 3.34. The van der Waals surface area contributed by atoms with Crippen LogP contribution < -0.4 is 10.1 Å². The fraction of sp³-hybridized carbons (Fsp3) is 0.375. The van der Waals surface area contributed by atoms with E-state index in [9.17, 15) is 4.79 Å². The van der Waals surface area contributed by atoms with Crippen LogP contribution in [0.2, 0.25) is 0 Å². The summed E-state index contributed by atoms with van der Waals surface area (Å²) in [5.74, 6) is 1.36. The zero-order chi connectivity index (χ0) is 15.2. The number of nitrogens with one attached hydrogen (secondary N) is 1. The quantitative estimate of drug-likeness (QED) is 0.885. The highest BCUT2D eigenvalue weighted by molar-refractivity contribution is 5.90. The molecule has 21 heavy (non-hydrogen) atoms. The summed E-state index contributed by atoms with van der Waals surface area (Å²) in [5.41, 5.74) is 1.55. The van der Waals surface area contributed by atoms with Crippen molar-refractivity contribution in [2.45, 2.75) is 39.7 Å². The first-order valence-corrected chi connectivity index (χ1v) is 7.00. The van der Waals surface area contributed by atoms with Gasteiger partial charge in [-0.1, -0.05) is 0 Å². The topological polar surface area (TPSA) is 64.4 Å². The van der Waals surface area contributed by atoms with Gasteiger partial charge in [-0.05, 0) is 38.1 Å². The normalized spacial score (nSPS) is 10.7. The lowest BCUT2D eigenvalue weighted by Gasteiger charge is -2.10. The summed E-state index contributed by atoms with van der Waals surface area (Å²) >= 11 is 0. The van der Waals surface area contributed by atoms with Gasteiger partial charge < -0.3 is 14.5 Å². The van der Waals surface area contributed by atoms with E-state index in [1.54, 1.807) is 13.2 Å². The number of aryl methyl sites for hydroxylation is 2. The van der Waals surface area contributed by atoms with Crippen molar-refractivity contribution in [2.75, 3.05) is 5.32 Å². The predicted molar refractivity (Wildman–Crippen MR) is 80.4 cm³/mol. The molecule has 0 aliphatic carbocycles. The standard InChI is InChI=1S/C16H20N2O3/c1-11(2)21-15-7-4-13(5-8-15)18-16(19)9-6-14-10-20-12(3)17-14/h4-5,7-8,10-11H,6,9H2,1-3H3,(H,18,19). The van der Waals surface area contributed by atoms with Crippen molar-refractivity contribution >= 4 is 11.6 Å². The second-order valence-electron chi connectivity index (χ2n) is 5.10. The number of benzene rings is 1. The van der Waals surface area contributed by atoms with Gasteiger partial charge in [-0.3, -0.25) is 4.79 Å². The van der Waals surface area contributed by atoms with Crippen LogP contribution in [0.4, 0.5) is 5.69 Å². The Morgan fingerprint density at radius 2 is 2.05 bits per heavy atom. The summed E-state index contributed by atoms with van der Waals surface area (Å²) < 4.78 is 10.7. The van der Waals surface area contributed by atoms with E-state index < -0.39 is 0 Å². The molecule has 0 radical (unpaired) electrons. The summed E-state index contributed by atoms with van der Waals surface area (Å²) in [7, 11) is 0. The van der Waals surface area contributed by atoms with E-state index in [0.29, 0.717) is 18.7 Å². The number of hydrogen-bond donors (Lipinski definition) is 1. The van der Waals surface area contributed by atoms with Crippen LogP contribution in [-0.4, -0.2) is 17.0 Å². The van der Waals surface area contributed by atoms with Gasteiger partial charge in [-0.25, -0.2) is 4.98 Å². The summed E-state index contributed by atoms with van der Waals surface area (Å²) in [6.07, 6.45) is 2.66. The summed E-state index contributed by atoms with van der Waals surface area (Å²) in [6.45, 7) is 5.73. The smallest absolute Gasteiger partial charge is 0.224 e. The first kappa shape index (κ1) is 15.1.